The van der Waals surface area contributed by atoms with Gasteiger partial charge in [0.15, 0.2) is 9.84 Å². The van der Waals surface area contributed by atoms with Gasteiger partial charge in [0, 0.05) is 12.6 Å². The predicted molar refractivity (Wildman–Crippen MR) is 113 cm³/mol. The first-order chi connectivity index (χ1) is 13.9. The van der Waals surface area contributed by atoms with Gasteiger partial charge >= 0.3 is 0 Å². The monoisotopic (exact) mass is 414 g/mol. The van der Waals surface area contributed by atoms with E-state index < -0.39 is 9.84 Å². The van der Waals surface area contributed by atoms with Gasteiger partial charge in [0.1, 0.15) is 0 Å². The molecule has 0 aliphatic carbocycles. The van der Waals surface area contributed by atoms with Crippen molar-refractivity contribution in [2.45, 2.75) is 25.8 Å². The second-order valence-corrected chi connectivity index (χ2v) is 9.54. The number of carbonyl (C=O) groups is 2. The van der Waals surface area contributed by atoms with Gasteiger partial charge in [0.05, 0.1) is 24.5 Å². The molecule has 1 saturated heterocycles. The van der Waals surface area contributed by atoms with Crippen LogP contribution in [0.4, 0.5) is 0 Å². The first kappa shape index (κ1) is 21.0. The van der Waals surface area contributed by atoms with E-state index in [4.69, 9.17) is 0 Å². The highest BCUT2D eigenvalue weighted by Crippen LogP contribution is 2.19. The van der Waals surface area contributed by atoms with Crippen LogP contribution in [0, 0.1) is 0 Å². The largest absolute Gasteiger partial charge is 0.351 e. The molecule has 0 radical (unpaired) electrons. The minimum atomic E-state index is -3.05. The first-order valence-electron chi connectivity index (χ1n) is 9.78. The van der Waals surface area contributed by atoms with Crippen molar-refractivity contribution in [3.63, 3.8) is 0 Å². The van der Waals surface area contributed by atoms with Crippen molar-refractivity contribution in [2.24, 2.45) is 0 Å². The molecule has 3 rings (SSSR count). The number of amides is 2. The molecule has 0 spiro atoms. The second-order valence-electron chi connectivity index (χ2n) is 7.32. The molecule has 1 fully saturated rings. The molecule has 0 saturated carbocycles. The SMILES string of the molecule is CCN(CC(=O)N[C@H]1CCS(=O)(=O)C1)C(=O)Cc1ccc(-c2ccccc2)cc1. The zero-order valence-electron chi connectivity index (χ0n) is 16.5. The van der Waals surface area contributed by atoms with Gasteiger partial charge < -0.3 is 10.2 Å². The molecular formula is C22H26N2O4S. The summed E-state index contributed by atoms with van der Waals surface area (Å²) in [5.41, 5.74) is 3.08. The summed E-state index contributed by atoms with van der Waals surface area (Å²) in [5.74, 6) is -0.365. The van der Waals surface area contributed by atoms with Crippen molar-refractivity contribution in [1.82, 2.24) is 10.2 Å². The maximum absolute atomic E-state index is 12.6. The van der Waals surface area contributed by atoms with Crippen LogP contribution < -0.4 is 5.32 Å². The molecule has 1 N–H and O–H groups in total. The van der Waals surface area contributed by atoms with Crippen molar-refractivity contribution in [2.75, 3.05) is 24.6 Å². The molecule has 6 nitrogen and oxygen atoms in total. The van der Waals surface area contributed by atoms with Gasteiger partial charge in [-0.05, 0) is 30.0 Å². The Morgan fingerprint density at radius 3 is 2.28 bits per heavy atom. The normalized spacial score (nSPS) is 17.6. The van der Waals surface area contributed by atoms with Crippen LogP contribution in [0.15, 0.2) is 54.6 Å². The summed E-state index contributed by atoms with van der Waals surface area (Å²) in [6.45, 7) is 2.18. The van der Waals surface area contributed by atoms with Crippen molar-refractivity contribution in [1.29, 1.82) is 0 Å². The van der Waals surface area contributed by atoms with Crippen LogP contribution >= 0.6 is 0 Å². The van der Waals surface area contributed by atoms with Crippen molar-refractivity contribution in [3.05, 3.63) is 60.2 Å². The summed E-state index contributed by atoms with van der Waals surface area (Å²) >= 11 is 0. The van der Waals surface area contributed by atoms with E-state index in [1.54, 1.807) is 0 Å². The standard InChI is InChI=1S/C22H26N2O4S/c1-2-24(15-21(25)23-20-12-13-29(27,28)16-20)22(26)14-17-8-10-19(11-9-17)18-6-4-3-5-7-18/h3-11,20H,2,12-16H2,1H3,(H,23,25)/t20-/m0/s1. The molecule has 154 valence electrons. The Kier molecular flexibility index (Phi) is 6.69. The Hall–Kier alpha value is -2.67. The Balaban J connectivity index is 1.55. The maximum Gasteiger partial charge on any atom is 0.239 e. The highest BCUT2D eigenvalue weighted by atomic mass is 32.2. The zero-order valence-corrected chi connectivity index (χ0v) is 17.3. The van der Waals surface area contributed by atoms with Crippen LogP contribution in [0.2, 0.25) is 0 Å². The van der Waals surface area contributed by atoms with Crippen LogP contribution in [0.1, 0.15) is 18.9 Å². The zero-order chi connectivity index (χ0) is 20.9. The fourth-order valence-electron chi connectivity index (χ4n) is 3.46. The molecule has 1 atom stereocenters. The third-order valence-corrected chi connectivity index (χ3v) is 6.85. The lowest BCUT2D eigenvalue weighted by Crippen LogP contribution is -2.45. The van der Waals surface area contributed by atoms with E-state index in [0.29, 0.717) is 13.0 Å². The minimum absolute atomic E-state index is 0.0213. The van der Waals surface area contributed by atoms with Crippen LogP contribution in [0.3, 0.4) is 0 Å². The lowest BCUT2D eigenvalue weighted by Gasteiger charge is -2.21. The van der Waals surface area contributed by atoms with Gasteiger partial charge in [0.2, 0.25) is 11.8 Å². The quantitative estimate of drug-likeness (QED) is 0.752. The molecular weight excluding hydrogens is 388 g/mol. The molecule has 7 heteroatoms. The summed E-state index contributed by atoms with van der Waals surface area (Å²) in [4.78, 5) is 26.4. The third-order valence-electron chi connectivity index (χ3n) is 5.08. The van der Waals surface area contributed by atoms with E-state index in [1.165, 1.54) is 4.90 Å². The topological polar surface area (TPSA) is 83.6 Å². The Morgan fingerprint density at radius 1 is 1.03 bits per heavy atom. The lowest BCUT2D eigenvalue weighted by atomic mass is 10.0. The average molecular weight is 415 g/mol. The van der Waals surface area contributed by atoms with E-state index in [9.17, 15) is 18.0 Å². The molecule has 1 aliphatic rings. The van der Waals surface area contributed by atoms with Gasteiger partial charge in [-0.3, -0.25) is 9.59 Å². The number of nitrogens with one attached hydrogen (secondary N) is 1. The smallest absolute Gasteiger partial charge is 0.239 e. The highest BCUT2D eigenvalue weighted by Gasteiger charge is 2.29. The number of rotatable bonds is 7. The highest BCUT2D eigenvalue weighted by molar-refractivity contribution is 7.91. The Bertz CT molecular complexity index is 956. The fraction of sp³-hybridized carbons (Fsp3) is 0.364. The van der Waals surface area contributed by atoms with Gasteiger partial charge in [0.25, 0.3) is 0 Å². The van der Waals surface area contributed by atoms with E-state index in [1.807, 2.05) is 61.5 Å². The van der Waals surface area contributed by atoms with Crippen molar-refractivity contribution < 1.29 is 18.0 Å². The fourth-order valence-corrected chi connectivity index (χ4v) is 5.14. The maximum atomic E-state index is 12.6. The van der Waals surface area contributed by atoms with E-state index in [2.05, 4.69) is 5.32 Å². The Morgan fingerprint density at radius 2 is 1.69 bits per heavy atom. The van der Waals surface area contributed by atoms with E-state index in [0.717, 1.165) is 16.7 Å². The van der Waals surface area contributed by atoms with Gasteiger partial charge in [-0.2, -0.15) is 0 Å². The predicted octanol–water partition coefficient (Wildman–Crippen LogP) is 2.05. The lowest BCUT2D eigenvalue weighted by molar-refractivity contribution is -0.135. The van der Waals surface area contributed by atoms with Gasteiger partial charge in [-0.15, -0.1) is 0 Å². The number of nitrogens with zero attached hydrogens (tertiary/aromatic N) is 1. The van der Waals surface area contributed by atoms with Crippen LogP contribution in [0.25, 0.3) is 11.1 Å². The molecule has 0 aromatic heterocycles. The molecule has 1 heterocycles. The van der Waals surface area contributed by atoms with Crippen LogP contribution in [-0.2, 0) is 25.8 Å². The summed E-state index contributed by atoms with van der Waals surface area (Å²) in [6, 6.07) is 17.5. The number of hydrogen-bond donors (Lipinski definition) is 1. The summed E-state index contributed by atoms with van der Waals surface area (Å²) in [5, 5.41) is 2.73. The van der Waals surface area contributed by atoms with Gasteiger partial charge in [-0.25, -0.2) is 8.42 Å². The summed E-state index contributed by atoms with van der Waals surface area (Å²) < 4.78 is 23.0. The molecule has 0 bridgehead atoms. The Labute approximate surface area is 171 Å². The molecule has 1 aliphatic heterocycles. The molecule has 2 amide bonds. The molecule has 2 aromatic rings. The van der Waals surface area contributed by atoms with Crippen LogP contribution in [0.5, 0.6) is 0 Å². The number of hydrogen-bond acceptors (Lipinski definition) is 4. The second kappa shape index (κ2) is 9.22. The number of sulfone groups is 1. The van der Waals surface area contributed by atoms with Crippen LogP contribution in [-0.4, -0.2) is 55.8 Å². The van der Waals surface area contributed by atoms with Crippen molar-refractivity contribution in [3.8, 4) is 11.1 Å². The summed E-state index contributed by atoms with van der Waals surface area (Å²) in [7, 11) is -3.05. The minimum Gasteiger partial charge on any atom is -0.351 e. The molecule has 29 heavy (non-hydrogen) atoms. The third kappa shape index (κ3) is 5.90. The number of carbonyl (C=O) groups excluding carboxylic acids is 2. The average Bonchev–Trinajstić information content (AvgIpc) is 3.05. The summed E-state index contributed by atoms with van der Waals surface area (Å²) in [6.07, 6.45) is 0.649. The van der Waals surface area contributed by atoms with Gasteiger partial charge in [-0.1, -0.05) is 54.6 Å². The number of benzene rings is 2. The molecule has 0 unspecified atom stereocenters. The number of likely N-dealkylation sites (N-methyl/N-ethyl adjacent to an activating group) is 1. The molecule has 2 aromatic carbocycles. The van der Waals surface area contributed by atoms with E-state index >= 15 is 0 Å². The first-order valence-corrected chi connectivity index (χ1v) is 11.6. The van der Waals surface area contributed by atoms with E-state index in [-0.39, 0.29) is 42.3 Å². The van der Waals surface area contributed by atoms with Crippen molar-refractivity contribution >= 4 is 21.7 Å².